The fourth-order valence-corrected chi connectivity index (χ4v) is 2.19. The second kappa shape index (κ2) is 6.19. The van der Waals surface area contributed by atoms with Crippen LogP contribution in [0, 0.1) is 17.0 Å². The molecule has 0 unspecified atom stereocenters. The van der Waals surface area contributed by atoms with E-state index in [-0.39, 0.29) is 17.4 Å². The Hall–Kier alpha value is -2.36. The summed E-state index contributed by atoms with van der Waals surface area (Å²) in [5, 5.41) is 10.9. The molecule has 0 spiro atoms. The number of aryl methyl sites for hydroxylation is 1. The fraction of sp³-hybridized carbons (Fsp3) is 0.250. The van der Waals surface area contributed by atoms with Crippen LogP contribution < -0.4 is 4.74 Å². The molecule has 0 saturated heterocycles. The summed E-state index contributed by atoms with van der Waals surface area (Å²) < 4.78 is 5.12. The van der Waals surface area contributed by atoms with Crippen molar-refractivity contribution in [1.29, 1.82) is 0 Å². The van der Waals surface area contributed by atoms with E-state index in [4.69, 9.17) is 4.74 Å². The molecule has 4 nitrogen and oxygen atoms in total. The first-order chi connectivity index (χ1) is 9.60. The van der Waals surface area contributed by atoms with Gasteiger partial charge in [0.15, 0.2) is 0 Å². The van der Waals surface area contributed by atoms with Gasteiger partial charge in [0.1, 0.15) is 5.75 Å². The molecule has 0 aliphatic carbocycles. The van der Waals surface area contributed by atoms with Crippen molar-refractivity contribution in [3.8, 4) is 5.75 Å². The number of nitrogens with zero attached hydrogens (tertiary/aromatic N) is 1. The van der Waals surface area contributed by atoms with Crippen molar-refractivity contribution in [3.63, 3.8) is 0 Å². The van der Waals surface area contributed by atoms with Crippen LogP contribution in [0.25, 0.3) is 0 Å². The van der Waals surface area contributed by atoms with Gasteiger partial charge in [0.05, 0.1) is 13.0 Å². The number of hydrogen-bond donors (Lipinski definition) is 0. The van der Waals surface area contributed by atoms with Crippen molar-refractivity contribution in [3.05, 3.63) is 75.3 Å². The van der Waals surface area contributed by atoms with Crippen LogP contribution >= 0.6 is 0 Å². The predicted molar refractivity (Wildman–Crippen MR) is 77.9 cm³/mol. The summed E-state index contributed by atoms with van der Waals surface area (Å²) in [5.74, 6) is 0.508. The van der Waals surface area contributed by atoms with E-state index in [1.807, 2.05) is 55.5 Å². The lowest BCUT2D eigenvalue weighted by atomic mass is 9.91. The molecule has 0 fully saturated rings. The summed E-state index contributed by atoms with van der Waals surface area (Å²) in [6.07, 6.45) is 0. The maximum absolute atomic E-state index is 10.9. The zero-order chi connectivity index (χ0) is 14.5. The van der Waals surface area contributed by atoms with Crippen LogP contribution in [0.5, 0.6) is 5.75 Å². The molecule has 20 heavy (non-hydrogen) atoms. The Morgan fingerprint density at radius 1 is 1.05 bits per heavy atom. The second-order valence-corrected chi connectivity index (χ2v) is 4.75. The van der Waals surface area contributed by atoms with Gasteiger partial charge < -0.3 is 4.74 Å². The molecule has 2 aromatic carbocycles. The quantitative estimate of drug-likeness (QED) is 0.618. The highest BCUT2D eigenvalue weighted by Gasteiger charge is 2.20. The van der Waals surface area contributed by atoms with Crippen LogP contribution in [0.15, 0.2) is 48.5 Å². The van der Waals surface area contributed by atoms with Crippen LogP contribution in [0.2, 0.25) is 0 Å². The lowest BCUT2D eigenvalue weighted by Crippen LogP contribution is -2.14. The third-order valence-corrected chi connectivity index (χ3v) is 3.33. The Morgan fingerprint density at radius 3 is 2.00 bits per heavy atom. The molecule has 0 amide bonds. The molecule has 0 N–H and O–H groups in total. The minimum Gasteiger partial charge on any atom is -0.497 e. The van der Waals surface area contributed by atoms with Gasteiger partial charge in [-0.2, -0.15) is 0 Å². The summed E-state index contributed by atoms with van der Waals surface area (Å²) in [6, 6.07) is 15.3. The smallest absolute Gasteiger partial charge is 0.214 e. The summed E-state index contributed by atoms with van der Waals surface area (Å²) in [4.78, 5) is 10.7. The fourth-order valence-electron chi connectivity index (χ4n) is 2.19. The summed E-state index contributed by atoms with van der Waals surface area (Å²) >= 11 is 0. The molecule has 0 aliphatic rings. The molecule has 4 heteroatoms. The number of benzene rings is 2. The average Bonchev–Trinajstić information content (AvgIpc) is 2.46. The van der Waals surface area contributed by atoms with Crippen molar-refractivity contribution < 1.29 is 9.66 Å². The highest BCUT2D eigenvalue weighted by atomic mass is 16.6. The molecule has 0 heterocycles. The summed E-state index contributed by atoms with van der Waals surface area (Å²) in [5.41, 5.74) is 3.02. The second-order valence-electron chi connectivity index (χ2n) is 4.75. The van der Waals surface area contributed by atoms with Crippen molar-refractivity contribution >= 4 is 0 Å². The SMILES string of the molecule is COc1ccc([C@H](C[N+](=O)[O-])c2ccc(C)cc2)cc1. The number of ether oxygens (including phenoxy) is 1. The number of hydrogen-bond acceptors (Lipinski definition) is 3. The van der Waals surface area contributed by atoms with E-state index in [0.29, 0.717) is 0 Å². The topological polar surface area (TPSA) is 52.4 Å². The minimum absolute atomic E-state index is 0.116. The van der Waals surface area contributed by atoms with Crippen LogP contribution in [0.4, 0.5) is 0 Å². The maximum atomic E-state index is 10.9. The van der Waals surface area contributed by atoms with Gasteiger partial charge in [0.25, 0.3) is 0 Å². The van der Waals surface area contributed by atoms with Crippen molar-refractivity contribution in [2.24, 2.45) is 0 Å². The van der Waals surface area contributed by atoms with Crippen molar-refractivity contribution in [1.82, 2.24) is 0 Å². The molecule has 0 bridgehead atoms. The number of rotatable bonds is 5. The largest absolute Gasteiger partial charge is 0.497 e. The Balaban J connectivity index is 2.35. The molecule has 0 saturated carbocycles. The van der Waals surface area contributed by atoms with Gasteiger partial charge in [-0.05, 0) is 30.2 Å². The zero-order valence-corrected chi connectivity index (χ0v) is 11.6. The molecule has 0 radical (unpaired) electrons. The van der Waals surface area contributed by atoms with Crippen molar-refractivity contribution in [2.45, 2.75) is 12.8 Å². The average molecular weight is 271 g/mol. The van der Waals surface area contributed by atoms with E-state index in [2.05, 4.69) is 0 Å². The molecule has 2 aromatic rings. The lowest BCUT2D eigenvalue weighted by Gasteiger charge is -2.14. The lowest BCUT2D eigenvalue weighted by molar-refractivity contribution is -0.481. The normalized spacial score (nSPS) is 11.9. The van der Waals surface area contributed by atoms with E-state index in [9.17, 15) is 10.1 Å². The van der Waals surface area contributed by atoms with E-state index in [1.165, 1.54) is 0 Å². The first-order valence-electron chi connectivity index (χ1n) is 6.42. The summed E-state index contributed by atoms with van der Waals surface area (Å²) in [7, 11) is 1.60. The molecule has 0 aromatic heterocycles. The van der Waals surface area contributed by atoms with Crippen LogP contribution in [-0.2, 0) is 0 Å². The predicted octanol–water partition coefficient (Wildman–Crippen LogP) is 3.41. The van der Waals surface area contributed by atoms with E-state index in [1.54, 1.807) is 7.11 Å². The Morgan fingerprint density at radius 2 is 1.55 bits per heavy atom. The van der Waals surface area contributed by atoms with E-state index < -0.39 is 0 Å². The molecular formula is C16H17NO3. The van der Waals surface area contributed by atoms with Gasteiger partial charge in [0.2, 0.25) is 6.54 Å². The Bertz CT molecular complexity index is 576. The molecule has 2 rings (SSSR count). The molecule has 0 aliphatic heterocycles. The monoisotopic (exact) mass is 271 g/mol. The molecular weight excluding hydrogens is 254 g/mol. The zero-order valence-electron chi connectivity index (χ0n) is 11.6. The Kier molecular flexibility index (Phi) is 4.35. The highest BCUT2D eigenvalue weighted by molar-refractivity contribution is 5.37. The first-order valence-corrected chi connectivity index (χ1v) is 6.42. The van der Waals surface area contributed by atoms with Crippen LogP contribution in [-0.4, -0.2) is 18.6 Å². The van der Waals surface area contributed by atoms with Gasteiger partial charge in [0, 0.05) is 4.92 Å². The standard InChI is InChI=1S/C16H17NO3/c1-12-3-5-13(6-4-12)16(11-17(18)19)14-7-9-15(20-2)10-8-14/h3-10,16H,11H2,1-2H3/t16-/m1/s1. The molecule has 1 atom stereocenters. The highest BCUT2D eigenvalue weighted by Crippen LogP contribution is 2.26. The van der Waals surface area contributed by atoms with Gasteiger partial charge in [-0.25, -0.2) is 0 Å². The van der Waals surface area contributed by atoms with Gasteiger partial charge >= 0.3 is 0 Å². The van der Waals surface area contributed by atoms with Crippen molar-refractivity contribution in [2.75, 3.05) is 13.7 Å². The molecule has 104 valence electrons. The first kappa shape index (κ1) is 14.1. The van der Waals surface area contributed by atoms with Crippen LogP contribution in [0.1, 0.15) is 22.6 Å². The van der Waals surface area contributed by atoms with Gasteiger partial charge in [-0.15, -0.1) is 0 Å². The Labute approximate surface area is 118 Å². The minimum atomic E-state index is -0.269. The third-order valence-electron chi connectivity index (χ3n) is 3.33. The summed E-state index contributed by atoms with van der Waals surface area (Å²) in [6.45, 7) is 1.88. The third kappa shape index (κ3) is 3.35. The van der Waals surface area contributed by atoms with E-state index in [0.717, 1.165) is 22.4 Å². The van der Waals surface area contributed by atoms with E-state index >= 15 is 0 Å². The number of nitro groups is 1. The van der Waals surface area contributed by atoms with Gasteiger partial charge in [-0.1, -0.05) is 42.0 Å². The van der Waals surface area contributed by atoms with Crippen LogP contribution in [0.3, 0.4) is 0 Å². The maximum Gasteiger partial charge on any atom is 0.214 e. The number of methoxy groups -OCH3 is 1. The van der Waals surface area contributed by atoms with Gasteiger partial charge in [-0.3, -0.25) is 10.1 Å².